The van der Waals surface area contributed by atoms with E-state index in [2.05, 4.69) is 16.8 Å². The second-order valence-corrected chi connectivity index (χ2v) is 4.68. The number of halogens is 1. The molecule has 18 heavy (non-hydrogen) atoms. The van der Waals surface area contributed by atoms with Gasteiger partial charge in [0.25, 0.3) is 0 Å². The van der Waals surface area contributed by atoms with E-state index in [4.69, 9.17) is 22.1 Å². The number of hydrogen-bond acceptors (Lipinski definition) is 2. The number of fused-ring (bicyclic) bond motifs is 1. The van der Waals surface area contributed by atoms with Crippen molar-refractivity contribution in [2.24, 2.45) is 5.73 Å². The van der Waals surface area contributed by atoms with Crippen LogP contribution in [-0.4, -0.2) is 24.3 Å². The molecule has 0 spiro atoms. The third-order valence-corrected chi connectivity index (χ3v) is 3.26. The lowest BCUT2D eigenvalue weighted by Gasteiger charge is -2.05. The minimum absolute atomic E-state index is 0.660. The van der Waals surface area contributed by atoms with Crippen molar-refractivity contribution in [2.45, 2.75) is 19.9 Å². The van der Waals surface area contributed by atoms with Crippen LogP contribution in [0.25, 0.3) is 10.9 Å². The maximum atomic E-state index is 6.07. The molecule has 1 heterocycles. The molecule has 0 bridgehead atoms. The maximum Gasteiger partial charge on any atom is 0.0645 e. The Labute approximate surface area is 112 Å². The van der Waals surface area contributed by atoms with Gasteiger partial charge in [0.05, 0.1) is 6.61 Å². The molecule has 98 valence electrons. The predicted octanol–water partition coefficient (Wildman–Crippen LogP) is 2.83. The SMILES string of the molecule is CCOCCn1cc(CCN)c2ccc(Cl)cc21. The second kappa shape index (κ2) is 6.23. The molecule has 0 aliphatic carbocycles. The smallest absolute Gasteiger partial charge is 0.0645 e. The molecule has 0 fully saturated rings. The Balaban J connectivity index is 2.35. The van der Waals surface area contributed by atoms with Crippen LogP contribution in [0, 0.1) is 0 Å². The van der Waals surface area contributed by atoms with E-state index in [1.54, 1.807) is 0 Å². The van der Waals surface area contributed by atoms with Crippen LogP contribution in [0.2, 0.25) is 5.02 Å². The Morgan fingerprint density at radius 2 is 2.22 bits per heavy atom. The van der Waals surface area contributed by atoms with Crippen molar-refractivity contribution in [3.8, 4) is 0 Å². The van der Waals surface area contributed by atoms with Crippen LogP contribution < -0.4 is 5.73 Å². The largest absolute Gasteiger partial charge is 0.380 e. The van der Waals surface area contributed by atoms with Crippen molar-refractivity contribution in [1.29, 1.82) is 0 Å². The van der Waals surface area contributed by atoms with E-state index in [1.165, 1.54) is 10.9 Å². The molecular weight excluding hydrogens is 248 g/mol. The fourth-order valence-corrected chi connectivity index (χ4v) is 2.35. The maximum absolute atomic E-state index is 6.07. The minimum Gasteiger partial charge on any atom is -0.380 e. The molecule has 0 amide bonds. The van der Waals surface area contributed by atoms with Gasteiger partial charge in [0.15, 0.2) is 0 Å². The summed E-state index contributed by atoms with van der Waals surface area (Å²) in [6.07, 6.45) is 3.05. The molecule has 3 nitrogen and oxygen atoms in total. The standard InChI is InChI=1S/C14H19ClN2O/c1-2-18-8-7-17-10-11(5-6-16)13-4-3-12(15)9-14(13)17/h3-4,9-10H,2,5-8,16H2,1H3. The fourth-order valence-electron chi connectivity index (χ4n) is 2.19. The minimum atomic E-state index is 0.660. The number of rotatable bonds is 6. The van der Waals surface area contributed by atoms with E-state index in [0.29, 0.717) is 6.54 Å². The van der Waals surface area contributed by atoms with Gasteiger partial charge in [0.1, 0.15) is 0 Å². The van der Waals surface area contributed by atoms with Gasteiger partial charge in [-0.1, -0.05) is 17.7 Å². The topological polar surface area (TPSA) is 40.2 Å². The van der Waals surface area contributed by atoms with E-state index in [-0.39, 0.29) is 0 Å². The number of aromatic nitrogens is 1. The van der Waals surface area contributed by atoms with Crippen molar-refractivity contribution < 1.29 is 4.74 Å². The third kappa shape index (κ3) is 2.86. The molecule has 2 aromatic rings. The van der Waals surface area contributed by atoms with Crippen molar-refractivity contribution in [3.05, 3.63) is 35.0 Å². The number of nitrogens with two attached hydrogens (primary N) is 1. The van der Waals surface area contributed by atoms with Crippen LogP contribution in [0.5, 0.6) is 0 Å². The first-order valence-corrected chi connectivity index (χ1v) is 6.69. The van der Waals surface area contributed by atoms with Crippen LogP contribution >= 0.6 is 11.6 Å². The van der Waals surface area contributed by atoms with E-state index in [1.807, 2.05) is 19.1 Å². The van der Waals surface area contributed by atoms with Crippen molar-refractivity contribution in [3.63, 3.8) is 0 Å². The van der Waals surface area contributed by atoms with Gasteiger partial charge >= 0.3 is 0 Å². The van der Waals surface area contributed by atoms with Gasteiger partial charge < -0.3 is 15.0 Å². The zero-order chi connectivity index (χ0) is 13.0. The first-order valence-electron chi connectivity index (χ1n) is 6.31. The second-order valence-electron chi connectivity index (χ2n) is 4.24. The molecule has 2 rings (SSSR count). The summed E-state index contributed by atoms with van der Waals surface area (Å²) >= 11 is 6.07. The summed E-state index contributed by atoms with van der Waals surface area (Å²) in [7, 11) is 0. The average molecular weight is 267 g/mol. The molecular formula is C14H19ClN2O. The van der Waals surface area contributed by atoms with Crippen LogP contribution in [-0.2, 0) is 17.7 Å². The van der Waals surface area contributed by atoms with E-state index in [0.717, 1.165) is 36.7 Å². The van der Waals surface area contributed by atoms with Crippen molar-refractivity contribution in [1.82, 2.24) is 4.57 Å². The Bertz CT molecular complexity index is 522. The van der Waals surface area contributed by atoms with E-state index < -0.39 is 0 Å². The lowest BCUT2D eigenvalue weighted by Crippen LogP contribution is -2.05. The van der Waals surface area contributed by atoms with Gasteiger partial charge in [-0.25, -0.2) is 0 Å². The summed E-state index contributed by atoms with van der Waals surface area (Å²) in [6, 6.07) is 6.00. The Kier molecular flexibility index (Phi) is 4.64. The normalized spacial score (nSPS) is 11.3. The van der Waals surface area contributed by atoms with Gasteiger partial charge in [0.2, 0.25) is 0 Å². The quantitative estimate of drug-likeness (QED) is 0.817. The summed E-state index contributed by atoms with van der Waals surface area (Å²) in [5.41, 5.74) is 8.09. The zero-order valence-corrected chi connectivity index (χ0v) is 11.4. The molecule has 0 radical (unpaired) electrons. The Morgan fingerprint density at radius 3 is 2.94 bits per heavy atom. The van der Waals surface area contributed by atoms with Crippen molar-refractivity contribution >= 4 is 22.5 Å². The number of hydrogen-bond donors (Lipinski definition) is 1. The molecule has 0 aliphatic rings. The van der Waals surface area contributed by atoms with E-state index in [9.17, 15) is 0 Å². The summed E-state index contributed by atoms with van der Waals surface area (Å²) < 4.78 is 7.60. The van der Waals surface area contributed by atoms with Crippen molar-refractivity contribution in [2.75, 3.05) is 19.8 Å². The predicted molar refractivity (Wildman–Crippen MR) is 76.2 cm³/mol. The van der Waals surface area contributed by atoms with Gasteiger partial charge in [-0.2, -0.15) is 0 Å². The van der Waals surface area contributed by atoms with E-state index >= 15 is 0 Å². The molecule has 4 heteroatoms. The summed E-state index contributed by atoms with van der Waals surface area (Å²) in [6.45, 7) is 4.97. The van der Waals surface area contributed by atoms with Gasteiger partial charge in [-0.15, -0.1) is 0 Å². The first kappa shape index (κ1) is 13.4. The number of nitrogens with zero attached hydrogens (tertiary/aromatic N) is 1. The van der Waals surface area contributed by atoms with Crippen LogP contribution in [0.4, 0.5) is 0 Å². The lowest BCUT2D eigenvalue weighted by molar-refractivity contribution is 0.140. The number of benzene rings is 1. The molecule has 0 atom stereocenters. The lowest BCUT2D eigenvalue weighted by atomic mass is 10.1. The Morgan fingerprint density at radius 1 is 1.39 bits per heavy atom. The molecule has 0 aliphatic heterocycles. The van der Waals surface area contributed by atoms with Gasteiger partial charge in [-0.05, 0) is 37.6 Å². The average Bonchev–Trinajstić information content (AvgIpc) is 2.68. The monoisotopic (exact) mass is 266 g/mol. The highest BCUT2D eigenvalue weighted by Gasteiger charge is 2.08. The van der Waals surface area contributed by atoms with Gasteiger partial charge in [0, 0.05) is 35.3 Å². The molecule has 2 N–H and O–H groups in total. The molecule has 1 aromatic heterocycles. The first-order chi connectivity index (χ1) is 8.76. The molecule has 0 saturated heterocycles. The molecule has 1 aromatic carbocycles. The highest BCUT2D eigenvalue weighted by Crippen LogP contribution is 2.25. The molecule has 0 unspecified atom stereocenters. The van der Waals surface area contributed by atoms with Gasteiger partial charge in [-0.3, -0.25) is 0 Å². The highest BCUT2D eigenvalue weighted by molar-refractivity contribution is 6.31. The van der Waals surface area contributed by atoms with Crippen LogP contribution in [0.15, 0.2) is 24.4 Å². The Hall–Kier alpha value is -1.03. The summed E-state index contributed by atoms with van der Waals surface area (Å²) in [5, 5.41) is 2.00. The number of ether oxygens (including phenoxy) is 1. The highest BCUT2D eigenvalue weighted by atomic mass is 35.5. The van der Waals surface area contributed by atoms with Crippen LogP contribution in [0.1, 0.15) is 12.5 Å². The third-order valence-electron chi connectivity index (χ3n) is 3.02. The molecule has 0 saturated carbocycles. The zero-order valence-electron chi connectivity index (χ0n) is 10.7. The summed E-state index contributed by atoms with van der Waals surface area (Å²) in [5.74, 6) is 0. The van der Waals surface area contributed by atoms with Crippen LogP contribution in [0.3, 0.4) is 0 Å². The fraction of sp³-hybridized carbons (Fsp3) is 0.429. The summed E-state index contributed by atoms with van der Waals surface area (Å²) in [4.78, 5) is 0.